The quantitative estimate of drug-likeness (QED) is 0.766. The van der Waals surface area contributed by atoms with Gasteiger partial charge >= 0.3 is 0 Å². The minimum atomic E-state index is -3.34. The Morgan fingerprint density at radius 2 is 2.15 bits per heavy atom. The van der Waals surface area contributed by atoms with Crippen LogP contribution in [0, 0.1) is 0 Å². The van der Waals surface area contributed by atoms with Crippen molar-refractivity contribution in [1.29, 1.82) is 0 Å². The van der Waals surface area contributed by atoms with Crippen LogP contribution in [0.2, 0.25) is 0 Å². The van der Waals surface area contributed by atoms with Crippen LogP contribution in [-0.4, -0.2) is 31.2 Å². The van der Waals surface area contributed by atoms with Gasteiger partial charge in [0.2, 0.25) is 0 Å². The highest BCUT2D eigenvalue weighted by Crippen LogP contribution is 2.30. The topological polar surface area (TPSA) is 37.4 Å². The lowest BCUT2D eigenvalue weighted by Crippen LogP contribution is -2.39. The largest absolute Gasteiger partial charge is 0.252 e. The van der Waals surface area contributed by atoms with E-state index in [9.17, 15) is 8.42 Å². The van der Waals surface area contributed by atoms with Crippen LogP contribution in [0.5, 0.6) is 0 Å². The summed E-state index contributed by atoms with van der Waals surface area (Å²) < 4.78 is 27.9. The van der Waals surface area contributed by atoms with E-state index in [1.54, 1.807) is 10.4 Å². The van der Waals surface area contributed by atoms with Crippen molar-refractivity contribution >= 4 is 33.0 Å². The third kappa shape index (κ3) is 3.56. The third-order valence-electron chi connectivity index (χ3n) is 3.84. The van der Waals surface area contributed by atoms with E-state index in [0.717, 1.165) is 43.4 Å². The van der Waals surface area contributed by atoms with Gasteiger partial charge in [0.15, 0.2) is 0 Å². The van der Waals surface area contributed by atoms with Crippen LogP contribution in [0.15, 0.2) is 16.3 Å². The highest BCUT2D eigenvalue weighted by Gasteiger charge is 2.32. The molecule has 1 saturated heterocycles. The van der Waals surface area contributed by atoms with Crippen molar-refractivity contribution in [3.8, 4) is 0 Å². The van der Waals surface area contributed by atoms with E-state index in [1.165, 1.54) is 11.3 Å². The number of hydrogen-bond donors (Lipinski definition) is 0. The summed E-state index contributed by atoms with van der Waals surface area (Å²) in [6.45, 7) is 2.73. The Kier molecular flexibility index (Phi) is 5.90. The summed E-state index contributed by atoms with van der Waals surface area (Å²) in [4.78, 5) is 1.04. The van der Waals surface area contributed by atoms with Crippen LogP contribution in [0.4, 0.5) is 0 Å². The smallest absolute Gasteiger partial charge is 0.206 e. The molecule has 2 heterocycles. The second-order valence-electron chi connectivity index (χ2n) is 5.19. The van der Waals surface area contributed by atoms with Crippen molar-refractivity contribution in [2.75, 3.05) is 12.4 Å². The number of rotatable bonds is 5. The summed E-state index contributed by atoms with van der Waals surface area (Å²) >= 11 is 7.09. The molecule has 0 bridgehead atoms. The van der Waals surface area contributed by atoms with Crippen LogP contribution < -0.4 is 0 Å². The first kappa shape index (κ1) is 16.3. The Morgan fingerprint density at radius 3 is 2.85 bits per heavy atom. The van der Waals surface area contributed by atoms with Gasteiger partial charge in [0.25, 0.3) is 10.0 Å². The maximum atomic E-state index is 12.8. The first-order valence-electron chi connectivity index (χ1n) is 7.26. The van der Waals surface area contributed by atoms with Gasteiger partial charge in [-0.25, -0.2) is 8.42 Å². The number of sulfonamides is 1. The Bertz CT molecular complexity index is 527. The lowest BCUT2D eigenvalue weighted by Gasteiger charge is -2.27. The van der Waals surface area contributed by atoms with E-state index < -0.39 is 10.0 Å². The molecule has 2 rings (SSSR count). The van der Waals surface area contributed by atoms with Crippen molar-refractivity contribution in [3.63, 3.8) is 0 Å². The minimum Gasteiger partial charge on any atom is -0.206 e. The molecule has 0 aromatic carbocycles. The summed E-state index contributed by atoms with van der Waals surface area (Å²) in [5.41, 5.74) is 0. The van der Waals surface area contributed by atoms with Crippen molar-refractivity contribution in [2.24, 2.45) is 0 Å². The van der Waals surface area contributed by atoms with E-state index in [2.05, 4.69) is 6.92 Å². The molecule has 1 aliphatic rings. The molecule has 0 spiro atoms. The van der Waals surface area contributed by atoms with Crippen LogP contribution in [0.3, 0.4) is 0 Å². The maximum absolute atomic E-state index is 12.8. The Labute approximate surface area is 131 Å². The molecule has 1 fully saturated rings. The molecule has 0 amide bonds. The van der Waals surface area contributed by atoms with Gasteiger partial charge in [-0.3, -0.25) is 0 Å². The summed E-state index contributed by atoms with van der Waals surface area (Å²) in [6, 6.07) is 3.78. The average Bonchev–Trinajstić information content (AvgIpc) is 2.76. The van der Waals surface area contributed by atoms with Crippen LogP contribution in [0.1, 0.15) is 43.9 Å². The number of alkyl halides is 1. The van der Waals surface area contributed by atoms with E-state index in [0.29, 0.717) is 16.6 Å². The predicted molar refractivity (Wildman–Crippen MR) is 85.2 cm³/mol. The van der Waals surface area contributed by atoms with Gasteiger partial charge in [-0.15, -0.1) is 22.9 Å². The van der Waals surface area contributed by atoms with Crippen LogP contribution in [-0.2, 0) is 16.4 Å². The third-order valence-corrected chi connectivity index (χ3v) is 7.59. The van der Waals surface area contributed by atoms with Gasteiger partial charge in [0.05, 0.1) is 0 Å². The number of nitrogens with zero attached hydrogens (tertiary/aromatic N) is 1. The summed E-state index contributed by atoms with van der Waals surface area (Å²) in [5, 5.41) is 0. The second-order valence-corrected chi connectivity index (χ2v) is 8.85. The van der Waals surface area contributed by atoms with Gasteiger partial charge in [-0.1, -0.05) is 19.8 Å². The molecule has 0 radical (unpaired) electrons. The minimum absolute atomic E-state index is 0.154. The molecular weight excluding hydrogens is 314 g/mol. The number of thiophene rings is 1. The lowest BCUT2D eigenvalue weighted by atomic mass is 10.1. The lowest BCUT2D eigenvalue weighted by molar-refractivity contribution is 0.316. The highest BCUT2D eigenvalue weighted by molar-refractivity contribution is 7.91. The predicted octanol–water partition coefficient (Wildman–Crippen LogP) is 3.87. The molecule has 0 aliphatic carbocycles. The summed E-state index contributed by atoms with van der Waals surface area (Å²) in [5.74, 6) is 0.529. The fourth-order valence-corrected chi connectivity index (χ4v) is 6.28. The molecule has 1 aromatic heterocycles. The van der Waals surface area contributed by atoms with Crippen molar-refractivity contribution in [1.82, 2.24) is 4.31 Å². The van der Waals surface area contributed by atoms with Gasteiger partial charge in [-0.05, 0) is 37.8 Å². The van der Waals surface area contributed by atoms with Gasteiger partial charge in [0, 0.05) is 23.3 Å². The van der Waals surface area contributed by atoms with E-state index in [4.69, 9.17) is 11.6 Å². The molecule has 1 aliphatic heterocycles. The van der Waals surface area contributed by atoms with Gasteiger partial charge < -0.3 is 0 Å². The molecule has 114 valence electrons. The summed E-state index contributed by atoms with van der Waals surface area (Å²) in [6.07, 6.45) is 5.83. The fraction of sp³-hybridized carbons (Fsp3) is 0.714. The summed E-state index contributed by atoms with van der Waals surface area (Å²) in [7, 11) is -3.34. The molecule has 3 nitrogen and oxygen atoms in total. The molecule has 20 heavy (non-hydrogen) atoms. The second kappa shape index (κ2) is 7.25. The first-order chi connectivity index (χ1) is 9.59. The monoisotopic (exact) mass is 335 g/mol. The van der Waals surface area contributed by atoms with E-state index >= 15 is 0 Å². The standard InChI is InChI=1S/C14H22ClNO2S2/c1-2-12-6-4-3-5-11-16(12)20(17,18)14-8-7-13(19-14)9-10-15/h7-8,12H,2-6,9-11H2,1H3. The highest BCUT2D eigenvalue weighted by atomic mass is 35.5. The van der Waals surface area contributed by atoms with Gasteiger partial charge in [-0.2, -0.15) is 4.31 Å². The Balaban J connectivity index is 2.26. The molecule has 1 atom stereocenters. The van der Waals surface area contributed by atoms with Crippen LogP contribution >= 0.6 is 22.9 Å². The number of aryl methyl sites for hydroxylation is 1. The normalized spacial score (nSPS) is 21.8. The van der Waals surface area contributed by atoms with Crippen molar-refractivity contribution in [3.05, 3.63) is 17.0 Å². The first-order valence-corrected chi connectivity index (χ1v) is 10.0. The van der Waals surface area contributed by atoms with Gasteiger partial charge in [0.1, 0.15) is 4.21 Å². The molecule has 6 heteroatoms. The SMILES string of the molecule is CCC1CCCCCN1S(=O)(=O)c1ccc(CCCl)s1. The molecule has 0 saturated carbocycles. The fourth-order valence-electron chi connectivity index (χ4n) is 2.72. The number of hydrogen-bond acceptors (Lipinski definition) is 3. The average molecular weight is 336 g/mol. The molecule has 1 aromatic rings. The van der Waals surface area contributed by atoms with Crippen molar-refractivity contribution in [2.45, 2.75) is 55.7 Å². The Morgan fingerprint density at radius 1 is 1.35 bits per heavy atom. The molecular formula is C14H22ClNO2S2. The number of halogens is 1. The Hall–Kier alpha value is -0.100. The van der Waals surface area contributed by atoms with Crippen LogP contribution in [0.25, 0.3) is 0 Å². The van der Waals surface area contributed by atoms with E-state index in [-0.39, 0.29) is 6.04 Å². The molecule has 0 N–H and O–H groups in total. The van der Waals surface area contributed by atoms with E-state index in [1.807, 2.05) is 6.07 Å². The zero-order chi connectivity index (χ0) is 14.6. The zero-order valence-electron chi connectivity index (χ0n) is 11.8. The maximum Gasteiger partial charge on any atom is 0.252 e. The van der Waals surface area contributed by atoms with Crippen molar-refractivity contribution < 1.29 is 8.42 Å². The molecule has 1 unspecified atom stereocenters. The zero-order valence-corrected chi connectivity index (χ0v) is 14.2.